The summed E-state index contributed by atoms with van der Waals surface area (Å²) in [6.07, 6.45) is 0. The van der Waals surface area contributed by atoms with Gasteiger partial charge in [-0.15, -0.1) is 0 Å². The van der Waals surface area contributed by atoms with Crippen LogP contribution in [0.15, 0.2) is 51.7 Å². The SMILES string of the molecule is CCn1c(C(C)N(C)C(=O)Nc2ccccc2Br)nc2cc(Cl)ccc2c1=O. The fourth-order valence-corrected chi connectivity index (χ4v) is 3.50. The molecule has 1 N–H and O–H groups in total. The van der Waals surface area contributed by atoms with Gasteiger partial charge in [-0.2, -0.15) is 0 Å². The zero-order chi connectivity index (χ0) is 20.4. The van der Waals surface area contributed by atoms with Crippen molar-refractivity contribution in [1.82, 2.24) is 14.5 Å². The number of fused-ring (bicyclic) bond motifs is 1. The molecule has 0 bridgehead atoms. The Balaban J connectivity index is 1.97. The van der Waals surface area contributed by atoms with E-state index in [2.05, 4.69) is 26.2 Å². The molecule has 0 saturated carbocycles. The summed E-state index contributed by atoms with van der Waals surface area (Å²) in [4.78, 5) is 31.8. The second-order valence-corrected chi connectivity index (χ2v) is 7.67. The van der Waals surface area contributed by atoms with Crippen molar-refractivity contribution in [3.05, 3.63) is 68.1 Å². The number of nitrogens with one attached hydrogen (secondary N) is 1. The maximum absolute atomic E-state index is 12.9. The van der Waals surface area contributed by atoms with Crippen molar-refractivity contribution in [3.63, 3.8) is 0 Å². The standard InChI is InChI=1S/C20H20BrClN4O2/c1-4-26-18(23-17-11-13(22)9-10-14(17)19(26)27)12(2)25(3)20(28)24-16-8-6-5-7-15(16)21/h5-12H,4H2,1-3H3,(H,24,28). The average Bonchev–Trinajstić information content (AvgIpc) is 2.68. The Morgan fingerprint density at radius 3 is 2.71 bits per heavy atom. The lowest BCUT2D eigenvalue weighted by atomic mass is 10.2. The molecule has 8 heteroatoms. The number of carbonyl (C=O) groups excluding carboxylic acids is 1. The van der Waals surface area contributed by atoms with E-state index < -0.39 is 6.04 Å². The molecule has 28 heavy (non-hydrogen) atoms. The first-order chi connectivity index (χ1) is 13.3. The Kier molecular flexibility index (Phi) is 6.05. The highest BCUT2D eigenvalue weighted by Crippen LogP contribution is 2.24. The highest BCUT2D eigenvalue weighted by molar-refractivity contribution is 9.10. The van der Waals surface area contributed by atoms with Gasteiger partial charge in [0, 0.05) is 23.1 Å². The number of amides is 2. The second kappa shape index (κ2) is 8.32. The van der Waals surface area contributed by atoms with Crippen LogP contribution in [0.1, 0.15) is 25.7 Å². The van der Waals surface area contributed by atoms with E-state index in [-0.39, 0.29) is 11.6 Å². The number of aromatic nitrogens is 2. The van der Waals surface area contributed by atoms with Crippen molar-refractivity contribution in [2.75, 3.05) is 12.4 Å². The number of urea groups is 1. The smallest absolute Gasteiger partial charge is 0.318 e. The lowest BCUT2D eigenvalue weighted by molar-refractivity contribution is 0.204. The van der Waals surface area contributed by atoms with Crippen molar-refractivity contribution in [3.8, 4) is 0 Å². The molecule has 1 aromatic heterocycles. The highest BCUT2D eigenvalue weighted by Gasteiger charge is 2.23. The Bertz CT molecular complexity index is 1100. The normalized spacial score (nSPS) is 12.0. The molecule has 2 amide bonds. The van der Waals surface area contributed by atoms with Crippen LogP contribution in [0.4, 0.5) is 10.5 Å². The topological polar surface area (TPSA) is 67.2 Å². The van der Waals surface area contributed by atoms with Crippen LogP contribution in [0.5, 0.6) is 0 Å². The Labute approximate surface area is 176 Å². The molecule has 0 radical (unpaired) electrons. The summed E-state index contributed by atoms with van der Waals surface area (Å²) >= 11 is 9.49. The van der Waals surface area contributed by atoms with Crippen LogP contribution in [0, 0.1) is 0 Å². The summed E-state index contributed by atoms with van der Waals surface area (Å²) in [6.45, 7) is 4.16. The molecule has 0 aliphatic heterocycles. The van der Waals surface area contributed by atoms with Gasteiger partial charge >= 0.3 is 6.03 Å². The lowest BCUT2D eigenvalue weighted by Gasteiger charge is -2.27. The minimum absolute atomic E-state index is 0.148. The fraction of sp³-hybridized carbons (Fsp3) is 0.250. The van der Waals surface area contributed by atoms with Crippen molar-refractivity contribution in [1.29, 1.82) is 0 Å². The second-order valence-electron chi connectivity index (χ2n) is 6.38. The van der Waals surface area contributed by atoms with Crippen LogP contribution in [0.25, 0.3) is 10.9 Å². The van der Waals surface area contributed by atoms with Gasteiger partial charge < -0.3 is 10.2 Å². The number of hydrogen-bond donors (Lipinski definition) is 1. The summed E-state index contributed by atoms with van der Waals surface area (Å²) in [6, 6.07) is 11.6. The molecule has 1 heterocycles. The van der Waals surface area contributed by atoms with Crippen molar-refractivity contribution < 1.29 is 4.79 Å². The third kappa shape index (κ3) is 3.91. The van der Waals surface area contributed by atoms with Gasteiger partial charge in [0.15, 0.2) is 0 Å². The molecule has 1 unspecified atom stereocenters. The summed E-state index contributed by atoms with van der Waals surface area (Å²) in [5.74, 6) is 0.507. The lowest BCUT2D eigenvalue weighted by Crippen LogP contribution is -2.37. The molecule has 1 atom stereocenters. The van der Waals surface area contributed by atoms with E-state index in [9.17, 15) is 9.59 Å². The molecule has 6 nitrogen and oxygen atoms in total. The largest absolute Gasteiger partial charge is 0.322 e. The minimum Gasteiger partial charge on any atom is -0.318 e. The van der Waals surface area contributed by atoms with Crippen LogP contribution >= 0.6 is 27.5 Å². The number of carbonyl (C=O) groups is 1. The van der Waals surface area contributed by atoms with E-state index in [1.807, 2.05) is 32.0 Å². The molecule has 0 saturated heterocycles. The Hall–Kier alpha value is -2.38. The first-order valence-corrected chi connectivity index (χ1v) is 9.99. The molecule has 0 aliphatic rings. The van der Waals surface area contributed by atoms with Gasteiger partial charge in [0.2, 0.25) is 0 Å². The number of benzene rings is 2. The molecule has 3 rings (SSSR count). The molecular weight excluding hydrogens is 444 g/mol. The van der Waals surface area contributed by atoms with Crippen LogP contribution in [-0.4, -0.2) is 27.5 Å². The zero-order valence-electron chi connectivity index (χ0n) is 15.7. The van der Waals surface area contributed by atoms with Crippen molar-refractivity contribution >= 4 is 50.2 Å². The maximum atomic E-state index is 12.9. The molecule has 0 fully saturated rings. The quantitative estimate of drug-likeness (QED) is 0.588. The van der Waals surface area contributed by atoms with E-state index in [0.29, 0.717) is 34.0 Å². The molecule has 3 aromatic rings. The van der Waals surface area contributed by atoms with Crippen LogP contribution in [0.3, 0.4) is 0 Å². The summed E-state index contributed by atoms with van der Waals surface area (Å²) < 4.78 is 2.37. The summed E-state index contributed by atoms with van der Waals surface area (Å²) in [5.41, 5.74) is 1.03. The predicted octanol–water partition coefficient (Wildman–Crippen LogP) is 5.06. The Morgan fingerprint density at radius 2 is 2.04 bits per heavy atom. The molecule has 146 valence electrons. The number of hydrogen-bond acceptors (Lipinski definition) is 3. The predicted molar refractivity (Wildman–Crippen MR) is 116 cm³/mol. The fourth-order valence-electron chi connectivity index (χ4n) is 2.95. The van der Waals surface area contributed by atoms with Crippen LogP contribution in [0.2, 0.25) is 5.02 Å². The van der Waals surface area contributed by atoms with E-state index in [1.165, 1.54) is 4.90 Å². The molecule has 0 aliphatic carbocycles. The van der Waals surface area contributed by atoms with Gasteiger partial charge in [0.05, 0.1) is 22.6 Å². The highest BCUT2D eigenvalue weighted by atomic mass is 79.9. The van der Waals surface area contributed by atoms with Gasteiger partial charge in [-0.3, -0.25) is 9.36 Å². The van der Waals surface area contributed by atoms with Crippen molar-refractivity contribution in [2.45, 2.75) is 26.4 Å². The van der Waals surface area contributed by atoms with E-state index in [0.717, 1.165) is 4.47 Å². The van der Waals surface area contributed by atoms with Gasteiger partial charge in [-0.25, -0.2) is 9.78 Å². The minimum atomic E-state index is -0.432. The first-order valence-electron chi connectivity index (χ1n) is 8.81. The third-order valence-corrected chi connectivity index (χ3v) is 5.58. The number of nitrogens with zero attached hydrogens (tertiary/aromatic N) is 3. The van der Waals surface area contributed by atoms with Crippen molar-refractivity contribution in [2.24, 2.45) is 0 Å². The van der Waals surface area contributed by atoms with Crippen LogP contribution in [-0.2, 0) is 6.54 Å². The van der Waals surface area contributed by atoms with Gasteiger partial charge in [0.25, 0.3) is 5.56 Å². The van der Waals surface area contributed by atoms with Gasteiger partial charge in [-0.05, 0) is 60.1 Å². The summed E-state index contributed by atoms with van der Waals surface area (Å²) in [7, 11) is 1.67. The molecule has 2 aromatic carbocycles. The third-order valence-electron chi connectivity index (χ3n) is 4.65. The maximum Gasteiger partial charge on any atom is 0.322 e. The van der Waals surface area contributed by atoms with E-state index >= 15 is 0 Å². The van der Waals surface area contributed by atoms with Gasteiger partial charge in [0.1, 0.15) is 5.82 Å². The monoisotopic (exact) mass is 462 g/mol. The molecule has 0 spiro atoms. The Morgan fingerprint density at radius 1 is 1.32 bits per heavy atom. The first kappa shape index (κ1) is 20.4. The van der Waals surface area contributed by atoms with Crippen LogP contribution < -0.4 is 10.9 Å². The van der Waals surface area contributed by atoms with E-state index in [4.69, 9.17) is 11.6 Å². The van der Waals surface area contributed by atoms with E-state index in [1.54, 1.807) is 35.9 Å². The number of anilines is 1. The molecular formula is C20H20BrClN4O2. The average molecular weight is 464 g/mol. The van der Waals surface area contributed by atoms with Gasteiger partial charge in [-0.1, -0.05) is 23.7 Å². The zero-order valence-corrected chi connectivity index (χ0v) is 18.1. The number of para-hydroxylation sites is 1. The summed E-state index contributed by atoms with van der Waals surface area (Å²) in [5, 5.41) is 3.87. The number of halogens is 2. The number of rotatable bonds is 4.